The molecule has 0 unspecified atom stereocenters. The third-order valence-electron chi connectivity index (χ3n) is 4.89. The van der Waals surface area contributed by atoms with E-state index in [2.05, 4.69) is 0 Å². The van der Waals surface area contributed by atoms with Gasteiger partial charge in [-0.15, -0.1) is 0 Å². The summed E-state index contributed by atoms with van der Waals surface area (Å²) in [5.74, 6) is 0.696. The minimum atomic E-state index is -0.0460. The summed E-state index contributed by atoms with van der Waals surface area (Å²) in [6.45, 7) is 8.11. The molecule has 0 saturated carbocycles. The summed E-state index contributed by atoms with van der Waals surface area (Å²) in [5, 5.41) is 0. The first-order valence-corrected chi connectivity index (χ1v) is 9.28. The molecule has 1 aliphatic rings. The topological polar surface area (TPSA) is 49.9 Å². The Morgan fingerprint density at radius 3 is 2.26 bits per heavy atom. The summed E-state index contributed by atoms with van der Waals surface area (Å²) in [6.07, 6.45) is 0. The predicted octanol–water partition coefficient (Wildman–Crippen LogP) is 2.98. The maximum atomic E-state index is 12.8. The highest BCUT2D eigenvalue weighted by Gasteiger charge is 2.25. The average Bonchev–Trinajstić information content (AvgIpc) is 2.67. The molecule has 0 radical (unpaired) electrons. The number of amides is 2. The van der Waals surface area contributed by atoms with E-state index in [1.54, 1.807) is 4.90 Å². The van der Waals surface area contributed by atoms with E-state index in [4.69, 9.17) is 4.74 Å². The minimum absolute atomic E-state index is 0.0222. The molecule has 2 aromatic rings. The Hall–Kier alpha value is -2.82. The number of carbonyl (C=O) groups is 2. The molecular formula is C22H26N2O3. The molecule has 1 fully saturated rings. The third-order valence-corrected chi connectivity index (χ3v) is 4.89. The Kier molecular flexibility index (Phi) is 5.79. The number of benzene rings is 2. The molecule has 0 atom stereocenters. The van der Waals surface area contributed by atoms with E-state index in [-0.39, 0.29) is 18.4 Å². The predicted molar refractivity (Wildman–Crippen MR) is 105 cm³/mol. The highest BCUT2D eigenvalue weighted by atomic mass is 16.5. The molecule has 142 valence electrons. The van der Waals surface area contributed by atoms with Crippen LogP contribution < -0.4 is 4.74 Å². The summed E-state index contributed by atoms with van der Waals surface area (Å²) >= 11 is 0. The van der Waals surface area contributed by atoms with Crippen LogP contribution in [0.1, 0.15) is 27.0 Å². The van der Waals surface area contributed by atoms with Crippen molar-refractivity contribution in [2.45, 2.75) is 20.8 Å². The average molecular weight is 366 g/mol. The highest BCUT2D eigenvalue weighted by Crippen LogP contribution is 2.16. The zero-order valence-corrected chi connectivity index (χ0v) is 16.2. The number of piperazine rings is 1. The number of aryl methyl sites for hydroxylation is 3. The van der Waals surface area contributed by atoms with Crippen molar-refractivity contribution in [3.63, 3.8) is 0 Å². The quantitative estimate of drug-likeness (QED) is 0.836. The smallest absolute Gasteiger partial charge is 0.260 e. The van der Waals surface area contributed by atoms with Gasteiger partial charge in [0.1, 0.15) is 5.75 Å². The first-order valence-electron chi connectivity index (χ1n) is 9.28. The second-order valence-electron chi connectivity index (χ2n) is 7.10. The molecule has 0 aliphatic carbocycles. The van der Waals surface area contributed by atoms with E-state index < -0.39 is 0 Å². The summed E-state index contributed by atoms with van der Waals surface area (Å²) in [5.41, 5.74) is 3.90. The number of hydrogen-bond acceptors (Lipinski definition) is 3. The van der Waals surface area contributed by atoms with Crippen LogP contribution in [-0.2, 0) is 4.79 Å². The van der Waals surface area contributed by atoms with Crippen LogP contribution in [0.4, 0.5) is 0 Å². The fourth-order valence-electron chi connectivity index (χ4n) is 3.24. The van der Waals surface area contributed by atoms with Gasteiger partial charge in [-0.1, -0.05) is 29.8 Å². The Morgan fingerprint density at radius 1 is 0.889 bits per heavy atom. The summed E-state index contributed by atoms with van der Waals surface area (Å²) < 4.78 is 5.60. The van der Waals surface area contributed by atoms with Crippen molar-refractivity contribution in [3.05, 3.63) is 64.7 Å². The van der Waals surface area contributed by atoms with Crippen molar-refractivity contribution in [3.8, 4) is 5.75 Å². The number of hydrogen-bond donors (Lipinski definition) is 0. The lowest BCUT2D eigenvalue weighted by atomic mass is 10.0. The van der Waals surface area contributed by atoms with Crippen LogP contribution in [0.3, 0.4) is 0 Å². The van der Waals surface area contributed by atoms with Gasteiger partial charge in [0.2, 0.25) is 0 Å². The highest BCUT2D eigenvalue weighted by molar-refractivity contribution is 5.96. The van der Waals surface area contributed by atoms with Gasteiger partial charge in [-0.3, -0.25) is 9.59 Å². The van der Waals surface area contributed by atoms with Crippen LogP contribution in [0.15, 0.2) is 42.5 Å². The van der Waals surface area contributed by atoms with Crippen molar-refractivity contribution in [2.75, 3.05) is 32.8 Å². The van der Waals surface area contributed by atoms with E-state index >= 15 is 0 Å². The monoisotopic (exact) mass is 366 g/mol. The largest absolute Gasteiger partial charge is 0.484 e. The van der Waals surface area contributed by atoms with Gasteiger partial charge in [0.25, 0.3) is 11.8 Å². The fourth-order valence-corrected chi connectivity index (χ4v) is 3.24. The van der Waals surface area contributed by atoms with Crippen LogP contribution in [0, 0.1) is 20.8 Å². The minimum Gasteiger partial charge on any atom is -0.484 e. The van der Waals surface area contributed by atoms with Crippen LogP contribution in [0.2, 0.25) is 0 Å². The Labute approximate surface area is 160 Å². The van der Waals surface area contributed by atoms with E-state index in [1.807, 2.05) is 68.1 Å². The maximum Gasteiger partial charge on any atom is 0.260 e. The molecule has 5 heteroatoms. The summed E-state index contributed by atoms with van der Waals surface area (Å²) in [7, 11) is 0. The summed E-state index contributed by atoms with van der Waals surface area (Å²) in [4.78, 5) is 28.8. The van der Waals surface area contributed by atoms with Crippen molar-refractivity contribution in [1.29, 1.82) is 0 Å². The first kappa shape index (κ1) is 19.0. The van der Waals surface area contributed by atoms with E-state index in [0.29, 0.717) is 31.9 Å². The van der Waals surface area contributed by atoms with Crippen LogP contribution in [0.5, 0.6) is 5.75 Å². The Morgan fingerprint density at radius 2 is 1.56 bits per heavy atom. The van der Waals surface area contributed by atoms with E-state index in [1.165, 1.54) is 0 Å². The van der Waals surface area contributed by atoms with Gasteiger partial charge in [0.05, 0.1) is 0 Å². The van der Waals surface area contributed by atoms with E-state index in [0.717, 1.165) is 22.3 Å². The van der Waals surface area contributed by atoms with Crippen LogP contribution in [-0.4, -0.2) is 54.4 Å². The van der Waals surface area contributed by atoms with Gasteiger partial charge in [0, 0.05) is 31.7 Å². The lowest BCUT2D eigenvalue weighted by Crippen LogP contribution is -2.51. The van der Waals surface area contributed by atoms with Gasteiger partial charge in [-0.25, -0.2) is 0 Å². The maximum absolute atomic E-state index is 12.8. The molecule has 0 N–H and O–H groups in total. The zero-order valence-electron chi connectivity index (χ0n) is 16.2. The normalized spacial score (nSPS) is 14.2. The van der Waals surface area contributed by atoms with Crippen LogP contribution >= 0.6 is 0 Å². The lowest BCUT2D eigenvalue weighted by Gasteiger charge is -2.35. The zero-order chi connectivity index (χ0) is 19.4. The Balaban J connectivity index is 1.53. The fraction of sp³-hybridized carbons (Fsp3) is 0.364. The molecule has 0 aromatic heterocycles. The molecule has 5 nitrogen and oxygen atoms in total. The van der Waals surface area contributed by atoms with Crippen LogP contribution in [0.25, 0.3) is 0 Å². The number of nitrogens with zero attached hydrogens (tertiary/aromatic N) is 2. The molecule has 1 aliphatic heterocycles. The van der Waals surface area contributed by atoms with Gasteiger partial charge in [-0.2, -0.15) is 0 Å². The molecule has 1 heterocycles. The summed E-state index contributed by atoms with van der Waals surface area (Å²) in [6, 6.07) is 13.6. The standard InChI is InChI=1S/C22H26N2O3/c1-16-5-4-6-19(13-16)27-15-21(25)23-9-11-24(12-10-23)22(26)20-14-17(2)7-8-18(20)3/h4-8,13-14H,9-12,15H2,1-3H3. The molecule has 0 bridgehead atoms. The van der Waals surface area contributed by atoms with Crippen molar-refractivity contribution < 1.29 is 14.3 Å². The molecule has 2 amide bonds. The second kappa shape index (κ2) is 8.25. The van der Waals surface area contributed by atoms with Crippen molar-refractivity contribution >= 4 is 11.8 Å². The molecular weight excluding hydrogens is 340 g/mol. The first-order chi connectivity index (χ1) is 12.9. The van der Waals surface area contributed by atoms with Gasteiger partial charge in [0.15, 0.2) is 6.61 Å². The van der Waals surface area contributed by atoms with Gasteiger partial charge in [-0.05, 0) is 50.1 Å². The SMILES string of the molecule is Cc1cccc(OCC(=O)N2CCN(C(=O)c3cc(C)ccc3C)CC2)c1. The lowest BCUT2D eigenvalue weighted by molar-refractivity contribution is -0.134. The molecule has 1 saturated heterocycles. The van der Waals surface area contributed by atoms with Crippen molar-refractivity contribution in [1.82, 2.24) is 9.80 Å². The second-order valence-corrected chi connectivity index (χ2v) is 7.10. The van der Waals surface area contributed by atoms with Crippen molar-refractivity contribution in [2.24, 2.45) is 0 Å². The molecule has 27 heavy (non-hydrogen) atoms. The van der Waals surface area contributed by atoms with Gasteiger partial charge >= 0.3 is 0 Å². The molecule has 2 aromatic carbocycles. The molecule has 0 spiro atoms. The Bertz CT molecular complexity index is 839. The number of rotatable bonds is 4. The number of ether oxygens (including phenoxy) is 1. The van der Waals surface area contributed by atoms with E-state index in [9.17, 15) is 9.59 Å². The molecule has 3 rings (SSSR count). The number of carbonyl (C=O) groups excluding carboxylic acids is 2. The van der Waals surface area contributed by atoms with Gasteiger partial charge < -0.3 is 14.5 Å². The third kappa shape index (κ3) is 4.67.